The van der Waals surface area contributed by atoms with Crippen molar-refractivity contribution in [2.45, 2.75) is 33.8 Å². The van der Waals surface area contributed by atoms with Gasteiger partial charge in [-0.1, -0.05) is 27.7 Å². The van der Waals surface area contributed by atoms with E-state index < -0.39 is 0 Å². The van der Waals surface area contributed by atoms with Crippen molar-refractivity contribution >= 4 is 6.02 Å². The van der Waals surface area contributed by atoms with Gasteiger partial charge >= 0.3 is 6.02 Å². The fourth-order valence-electron chi connectivity index (χ4n) is 1.20. The Morgan fingerprint density at radius 3 is 1.64 bits per heavy atom. The SMILES string of the molecule is CC(C)C(OC(N)=[NH2+])C(C)C. The molecule has 0 rings (SSSR count). The zero-order valence-corrected chi connectivity index (χ0v) is 7.79. The van der Waals surface area contributed by atoms with Gasteiger partial charge in [0, 0.05) is 0 Å². The molecule has 66 valence electrons. The Labute approximate surface area is 68.4 Å². The maximum absolute atomic E-state index is 5.25. The summed E-state index contributed by atoms with van der Waals surface area (Å²) in [5.41, 5.74) is 5.24. The molecule has 0 aliphatic carbocycles. The Kier molecular flexibility index (Phi) is 3.93. The minimum Gasteiger partial charge on any atom is -0.428 e. The average molecular weight is 159 g/mol. The van der Waals surface area contributed by atoms with Gasteiger partial charge in [0.15, 0.2) is 0 Å². The van der Waals surface area contributed by atoms with E-state index >= 15 is 0 Å². The molecule has 0 fully saturated rings. The zero-order chi connectivity index (χ0) is 9.02. The highest BCUT2D eigenvalue weighted by Crippen LogP contribution is 2.14. The monoisotopic (exact) mass is 159 g/mol. The molecule has 0 amide bonds. The van der Waals surface area contributed by atoms with Crippen molar-refractivity contribution in [3.63, 3.8) is 0 Å². The van der Waals surface area contributed by atoms with Crippen LogP contribution < -0.4 is 11.1 Å². The molecular weight excluding hydrogens is 140 g/mol. The molecular formula is C8H19N2O+. The van der Waals surface area contributed by atoms with Gasteiger partial charge in [-0.2, -0.15) is 0 Å². The topological polar surface area (TPSA) is 60.8 Å². The van der Waals surface area contributed by atoms with E-state index in [1.807, 2.05) is 0 Å². The number of hydrogen-bond acceptors (Lipinski definition) is 1. The third-order valence-electron chi connectivity index (χ3n) is 1.59. The van der Waals surface area contributed by atoms with E-state index in [4.69, 9.17) is 15.9 Å². The van der Waals surface area contributed by atoms with Gasteiger partial charge < -0.3 is 4.74 Å². The zero-order valence-electron chi connectivity index (χ0n) is 7.79. The van der Waals surface area contributed by atoms with Crippen LogP contribution in [0.1, 0.15) is 27.7 Å². The van der Waals surface area contributed by atoms with Crippen LogP contribution in [0.25, 0.3) is 0 Å². The molecule has 0 unspecified atom stereocenters. The van der Waals surface area contributed by atoms with Crippen molar-refractivity contribution < 1.29 is 10.1 Å². The Hall–Kier alpha value is -0.730. The standard InChI is InChI=1S/C8H18N2O/c1-5(2)7(6(3)4)11-8(9)10/h5-7H,1-4H3,(H3,9,10)/p+1. The second kappa shape index (κ2) is 4.21. The predicted octanol–water partition coefficient (Wildman–Crippen LogP) is -0.243. The first-order valence-corrected chi connectivity index (χ1v) is 3.99. The highest BCUT2D eigenvalue weighted by molar-refractivity contribution is 5.64. The number of ether oxygens (including phenoxy) is 1. The second-order valence-electron chi connectivity index (χ2n) is 3.47. The van der Waals surface area contributed by atoms with E-state index in [1.54, 1.807) is 0 Å². The smallest absolute Gasteiger partial charge is 0.428 e. The van der Waals surface area contributed by atoms with E-state index in [1.165, 1.54) is 0 Å². The van der Waals surface area contributed by atoms with E-state index in [0.29, 0.717) is 11.8 Å². The molecule has 0 saturated heterocycles. The Balaban J connectivity index is 4.00. The first-order chi connectivity index (χ1) is 4.95. The number of rotatable bonds is 3. The molecule has 0 saturated carbocycles. The highest BCUT2D eigenvalue weighted by atomic mass is 16.5. The Bertz CT molecular complexity index is 124. The van der Waals surface area contributed by atoms with Crippen molar-refractivity contribution in [2.75, 3.05) is 0 Å². The van der Waals surface area contributed by atoms with Crippen molar-refractivity contribution in [1.82, 2.24) is 0 Å². The van der Waals surface area contributed by atoms with Crippen molar-refractivity contribution in [3.8, 4) is 0 Å². The summed E-state index contributed by atoms with van der Waals surface area (Å²) < 4.78 is 5.25. The van der Waals surface area contributed by atoms with Gasteiger partial charge in [-0.25, -0.2) is 0 Å². The van der Waals surface area contributed by atoms with Gasteiger partial charge in [0.05, 0.1) is 0 Å². The predicted molar refractivity (Wildman–Crippen MR) is 45.7 cm³/mol. The molecule has 0 aromatic carbocycles. The van der Waals surface area contributed by atoms with Crippen LogP contribution in [0.3, 0.4) is 0 Å². The minimum absolute atomic E-state index is 0.0670. The number of amidine groups is 1. The summed E-state index contributed by atoms with van der Waals surface area (Å²) >= 11 is 0. The third kappa shape index (κ3) is 3.86. The van der Waals surface area contributed by atoms with Crippen molar-refractivity contribution in [2.24, 2.45) is 17.6 Å². The molecule has 0 aliphatic rings. The molecule has 0 aliphatic heterocycles. The summed E-state index contributed by atoms with van der Waals surface area (Å²) in [7, 11) is 0. The number of hydrogen-bond donors (Lipinski definition) is 2. The molecule has 3 heteroatoms. The molecule has 0 aromatic rings. The first kappa shape index (κ1) is 10.3. The van der Waals surface area contributed by atoms with Crippen molar-refractivity contribution in [3.05, 3.63) is 0 Å². The lowest BCUT2D eigenvalue weighted by Crippen LogP contribution is -2.50. The maximum Gasteiger partial charge on any atom is 0.437 e. The minimum atomic E-state index is 0.0670. The average Bonchev–Trinajstić information content (AvgIpc) is 1.81. The van der Waals surface area contributed by atoms with Crippen LogP contribution in [-0.4, -0.2) is 12.1 Å². The molecule has 0 aromatic heterocycles. The van der Waals surface area contributed by atoms with Crippen LogP contribution in [0, 0.1) is 11.8 Å². The molecule has 0 spiro atoms. The largest absolute Gasteiger partial charge is 0.437 e. The van der Waals surface area contributed by atoms with E-state index in [2.05, 4.69) is 27.7 Å². The molecule has 0 atom stereocenters. The van der Waals surface area contributed by atoms with Crippen LogP contribution in [0.15, 0.2) is 0 Å². The van der Waals surface area contributed by atoms with E-state index in [-0.39, 0.29) is 12.1 Å². The summed E-state index contributed by atoms with van der Waals surface area (Å²) in [6.07, 6.45) is 0.125. The van der Waals surface area contributed by atoms with Crippen LogP contribution in [0.2, 0.25) is 0 Å². The normalized spacial score (nSPS) is 11.2. The molecule has 4 N–H and O–H groups in total. The van der Waals surface area contributed by atoms with E-state index in [0.717, 1.165) is 0 Å². The fourth-order valence-corrected chi connectivity index (χ4v) is 1.20. The molecule has 0 radical (unpaired) electrons. The van der Waals surface area contributed by atoms with Gasteiger partial charge in [-0.3, -0.25) is 11.1 Å². The lowest BCUT2D eigenvalue weighted by Gasteiger charge is -2.22. The maximum atomic E-state index is 5.25. The van der Waals surface area contributed by atoms with Crippen molar-refractivity contribution in [1.29, 1.82) is 0 Å². The summed E-state index contributed by atoms with van der Waals surface area (Å²) in [4.78, 5) is 0. The Morgan fingerprint density at radius 1 is 1.18 bits per heavy atom. The van der Waals surface area contributed by atoms with Crippen LogP contribution in [0.5, 0.6) is 0 Å². The first-order valence-electron chi connectivity index (χ1n) is 3.99. The fraction of sp³-hybridized carbons (Fsp3) is 0.875. The van der Waals surface area contributed by atoms with Crippen LogP contribution in [0.4, 0.5) is 0 Å². The second-order valence-corrected chi connectivity index (χ2v) is 3.47. The van der Waals surface area contributed by atoms with E-state index in [9.17, 15) is 0 Å². The van der Waals surface area contributed by atoms with Gasteiger partial charge in [0.1, 0.15) is 6.10 Å². The summed E-state index contributed by atoms with van der Waals surface area (Å²) in [5.74, 6) is 0.884. The van der Waals surface area contributed by atoms with Gasteiger partial charge in [0.2, 0.25) is 0 Å². The molecule has 11 heavy (non-hydrogen) atoms. The van der Waals surface area contributed by atoms with Gasteiger partial charge in [-0.05, 0) is 11.8 Å². The highest BCUT2D eigenvalue weighted by Gasteiger charge is 2.20. The third-order valence-corrected chi connectivity index (χ3v) is 1.59. The Morgan fingerprint density at radius 2 is 1.55 bits per heavy atom. The molecule has 3 nitrogen and oxygen atoms in total. The lowest BCUT2D eigenvalue weighted by molar-refractivity contribution is -0.152. The van der Waals surface area contributed by atoms with Crippen LogP contribution >= 0.6 is 0 Å². The summed E-state index contributed by atoms with van der Waals surface area (Å²) in [6, 6.07) is 0.0670. The van der Waals surface area contributed by atoms with Gasteiger partial charge in [-0.15, -0.1) is 0 Å². The lowest BCUT2D eigenvalue weighted by atomic mass is 9.96. The quantitative estimate of drug-likeness (QED) is 0.441. The number of nitrogens with two attached hydrogens (primary N) is 2. The summed E-state index contributed by atoms with van der Waals surface area (Å²) in [5, 5.41) is 5.24. The van der Waals surface area contributed by atoms with Gasteiger partial charge in [0.25, 0.3) is 0 Å². The summed E-state index contributed by atoms with van der Waals surface area (Å²) in [6.45, 7) is 8.36. The molecule has 0 bridgehead atoms. The van der Waals surface area contributed by atoms with Crippen LogP contribution in [-0.2, 0) is 4.74 Å². The molecule has 0 heterocycles.